The fourth-order valence-electron chi connectivity index (χ4n) is 12.0. The number of aromatic nitrogens is 4. The first kappa shape index (κ1) is 43.4. The highest BCUT2D eigenvalue weighted by Gasteiger charge is 2.18. The predicted molar refractivity (Wildman–Crippen MR) is 321 cm³/mol. The minimum absolute atomic E-state index is 1.17. The molecule has 16 aromatic rings. The number of fused-ring (bicyclic) bond motifs is 12. The lowest BCUT2D eigenvalue weighted by Crippen LogP contribution is -1.94. The lowest BCUT2D eigenvalue weighted by molar-refractivity contribution is 1.18. The van der Waals surface area contributed by atoms with Crippen molar-refractivity contribution in [3.05, 3.63) is 291 Å². The summed E-state index contributed by atoms with van der Waals surface area (Å²) in [5.41, 5.74) is 19.4. The molecule has 0 saturated carbocycles. The fraction of sp³-hybridized carbons (Fsp3) is 0. The van der Waals surface area contributed by atoms with Gasteiger partial charge in [-0.1, -0.05) is 182 Å². The summed E-state index contributed by atoms with van der Waals surface area (Å²) in [7, 11) is 0. The smallest absolute Gasteiger partial charge is 0.0547 e. The highest BCUT2D eigenvalue weighted by Crippen LogP contribution is 2.40. The van der Waals surface area contributed by atoms with E-state index in [1.54, 1.807) is 0 Å². The Kier molecular flexibility index (Phi) is 10.2. The molecule has 0 atom stereocenters. The second kappa shape index (κ2) is 17.8. The zero-order valence-corrected chi connectivity index (χ0v) is 41.5. The zero-order valence-electron chi connectivity index (χ0n) is 41.5. The third-order valence-electron chi connectivity index (χ3n) is 15.4. The molecule has 0 unspecified atom stereocenters. The van der Waals surface area contributed by atoms with Crippen molar-refractivity contribution in [3.8, 4) is 45.0 Å². The van der Waals surface area contributed by atoms with Gasteiger partial charge in [0.25, 0.3) is 0 Å². The monoisotopic (exact) mass is 968 g/mol. The molecule has 4 heteroatoms. The summed E-state index contributed by atoms with van der Waals surface area (Å²) in [5.74, 6) is 0. The minimum atomic E-state index is 1.17. The van der Waals surface area contributed by atoms with Crippen LogP contribution in [0.4, 0.5) is 0 Å². The van der Waals surface area contributed by atoms with Crippen LogP contribution < -0.4 is 0 Å². The zero-order chi connectivity index (χ0) is 50.1. The number of para-hydroxylation sites is 8. The van der Waals surface area contributed by atoms with Crippen LogP contribution >= 0.6 is 0 Å². The first-order valence-corrected chi connectivity index (χ1v) is 26.1. The number of rotatable bonds is 6. The van der Waals surface area contributed by atoms with E-state index < -0.39 is 0 Å². The standard InChI is InChI=1S/2C36H24N2/c1-3-11-27(12-4-1)37-34-18-10-8-16-30(34)32-23-25(20-22-35(32)37)26-19-21-31-29-15-7-9-17-33(29)38(36(31)24-26)28-13-5-2-6-14-28;1-2-12-27(13-3-1)37-35-20-9-6-17-31(35)32-24-26(21-22-36(32)37)25-11-10-14-28(23-25)38-33-18-7-4-15-29(33)30-16-5-8-19-34(30)38/h2*1-24H. The summed E-state index contributed by atoms with van der Waals surface area (Å²) in [6.45, 7) is 0. The van der Waals surface area contributed by atoms with Gasteiger partial charge in [-0.2, -0.15) is 0 Å². The third-order valence-corrected chi connectivity index (χ3v) is 15.4. The van der Waals surface area contributed by atoms with Gasteiger partial charge in [0.1, 0.15) is 0 Å². The van der Waals surface area contributed by atoms with Gasteiger partial charge in [-0.3, -0.25) is 0 Å². The van der Waals surface area contributed by atoms with Crippen LogP contribution in [0.3, 0.4) is 0 Å². The second-order valence-electron chi connectivity index (χ2n) is 19.7. The number of hydrogen-bond acceptors (Lipinski definition) is 0. The largest absolute Gasteiger partial charge is 0.309 e. The molecule has 0 saturated heterocycles. The van der Waals surface area contributed by atoms with Gasteiger partial charge in [0.05, 0.1) is 44.1 Å². The van der Waals surface area contributed by atoms with Crippen LogP contribution in [0.5, 0.6) is 0 Å². The van der Waals surface area contributed by atoms with Gasteiger partial charge in [0.15, 0.2) is 0 Å². The van der Waals surface area contributed by atoms with E-state index in [1.165, 1.54) is 132 Å². The summed E-state index contributed by atoms with van der Waals surface area (Å²) in [6, 6.07) is 105. The Balaban J connectivity index is 0.000000133. The van der Waals surface area contributed by atoms with Gasteiger partial charge >= 0.3 is 0 Å². The van der Waals surface area contributed by atoms with Gasteiger partial charge in [-0.05, 0) is 131 Å². The van der Waals surface area contributed by atoms with Crippen LogP contribution in [-0.2, 0) is 0 Å². The topological polar surface area (TPSA) is 19.7 Å². The molecule has 356 valence electrons. The van der Waals surface area contributed by atoms with Crippen molar-refractivity contribution in [2.24, 2.45) is 0 Å². The molecule has 0 radical (unpaired) electrons. The second-order valence-corrected chi connectivity index (χ2v) is 19.7. The molecule has 0 N–H and O–H groups in total. The average Bonchev–Trinajstić information content (AvgIpc) is 4.24. The van der Waals surface area contributed by atoms with E-state index in [1.807, 2.05) is 0 Å². The van der Waals surface area contributed by atoms with Crippen molar-refractivity contribution in [1.82, 2.24) is 18.3 Å². The Hall–Kier alpha value is -10.2. The quantitative estimate of drug-likeness (QED) is 0.158. The van der Waals surface area contributed by atoms with E-state index in [4.69, 9.17) is 0 Å². The number of nitrogens with zero attached hydrogens (tertiary/aromatic N) is 4. The highest BCUT2D eigenvalue weighted by molar-refractivity contribution is 6.14. The van der Waals surface area contributed by atoms with Crippen molar-refractivity contribution in [3.63, 3.8) is 0 Å². The van der Waals surface area contributed by atoms with Crippen LogP contribution in [0.1, 0.15) is 0 Å². The Morgan fingerprint density at radius 2 is 0.421 bits per heavy atom. The van der Waals surface area contributed by atoms with E-state index >= 15 is 0 Å². The molecule has 76 heavy (non-hydrogen) atoms. The SMILES string of the molecule is c1ccc(-n2c3ccccc3c3cc(-c4ccc5c6ccccc6n(-c6ccccc6)c5c4)ccc32)cc1.c1ccc(-n2c3ccccc3c3cc(-c4cccc(-n5c6ccccc6c6ccccc65)c4)ccc32)cc1. The Labute approximate surface area is 439 Å². The minimum Gasteiger partial charge on any atom is -0.309 e. The van der Waals surface area contributed by atoms with E-state index in [2.05, 4.69) is 309 Å². The molecule has 4 aromatic heterocycles. The number of hydrogen-bond donors (Lipinski definition) is 0. The molecule has 4 heterocycles. The molecular formula is C72H48N4. The Morgan fingerprint density at radius 1 is 0.145 bits per heavy atom. The molecule has 16 rings (SSSR count). The molecule has 0 aliphatic heterocycles. The van der Waals surface area contributed by atoms with E-state index in [-0.39, 0.29) is 0 Å². The molecule has 12 aromatic carbocycles. The molecule has 0 amide bonds. The summed E-state index contributed by atoms with van der Waals surface area (Å²) in [5, 5.41) is 10.2. The molecule has 0 spiro atoms. The van der Waals surface area contributed by atoms with E-state index in [9.17, 15) is 0 Å². The summed E-state index contributed by atoms with van der Waals surface area (Å²) < 4.78 is 9.50. The van der Waals surface area contributed by atoms with Crippen LogP contribution in [0.25, 0.3) is 132 Å². The maximum Gasteiger partial charge on any atom is 0.0547 e. The van der Waals surface area contributed by atoms with Crippen molar-refractivity contribution >= 4 is 87.2 Å². The predicted octanol–water partition coefficient (Wildman–Crippen LogP) is 19.1. The van der Waals surface area contributed by atoms with Gasteiger partial charge in [0.2, 0.25) is 0 Å². The van der Waals surface area contributed by atoms with Gasteiger partial charge < -0.3 is 18.3 Å². The number of benzene rings is 12. The summed E-state index contributed by atoms with van der Waals surface area (Å²) in [4.78, 5) is 0. The fourth-order valence-corrected chi connectivity index (χ4v) is 12.0. The average molecular weight is 969 g/mol. The first-order valence-electron chi connectivity index (χ1n) is 26.1. The van der Waals surface area contributed by atoms with Gasteiger partial charge in [-0.25, -0.2) is 0 Å². The Morgan fingerprint density at radius 3 is 0.842 bits per heavy atom. The Bertz CT molecular complexity index is 4810. The summed E-state index contributed by atoms with van der Waals surface area (Å²) in [6.07, 6.45) is 0. The molecule has 0 aliphatic rings. The van der Waals surface area contributed by atoms with Crippen molar-refractivity contribution in [2.45, 2.75) is 0 Å². The maximum atomic E-state index is 2.38. The molecular weight excluding hydrogens is 921 g/mol. The third kappa shape index (κ3) is 7.00. The van der Waals surface area contributed by atoms with Crippen molar-refractivity contribution < 1.29 is 0 Å². The van der Waals surface area contributed by atoms with Crippen LogP contribution in [-0.4, -0.2) is 18.3 Å². The highest BCUT2D eigenvalue weighted by atomic mass is 15.0. The lowest BCUT2D eigenvalue weighted by atomic mass is 10.0. The normalized spacial score (nSPS) is 11.7. The van der Waals surface area contributed by atoms with Crippen molar-refractivity contribution in [1.29, 1.82) is 0 Å². The van der Waals surface area contributed by atoms with Gasteiger partial charge in [-0.15, -0.1) is 0 Å². The maximum absolute atomic E-state index is 2.38. The first-order chi connectivity index (χ1) is 37.7. The molecule has 0 bridgehead atoms. The van der Waals surface area contributed by atoms with Crippen molar-refractivity contribution in [2.75, 3.05) is 0 Å². The molecule has 0 aliphatic carbocycles. The van der Waals surface area contributed by atoms with Crippen LogP contribution in [0.2, 0.25) is 0 Å². The summed E-state index contributed by atoms with van der Waals surface area (Å²) >= 11 is 0. The molecule has 0 fully saturated rings. The van der Waals surface area contributed by atoms with Crippen LogP contribution in [0, 0.1) is 0 Å². The van der Waals surface area contributed by atoms with Gasteiger partial charge in [0, 0.05) is 65.8 Å². The molecule has 4 nitrogen and oxygen atoms in total. The lowest BCUT2D eigenvalue weighted by Gasteiger charge is -2.11. The van der Waals surface area contributed by atoms with E-state index in [0.29, 0.717) is 0 Å². The van der Waals surface area contributed by atoms with Crippen LogP contribution in [0.15, 0.2) is 291 Å². The van der Waals surface area contributed by atoms with E-state index in [0.717, 1.165) is 0 Å².